The first-order valence-electron chi connectivity index (χ1n) is 5.65. The van der Waals surface area contributed by atoms with Crippen molar-refractivity contribution >= 4 is 16.3 Å². The van der Waals surface area contributed by atoms with Gasteiger partial charge in [-0.2, -0.15) is 4.57 Å². The van der Waals surface area contributed by atoms with E-state index < -0.39 is 0 Å². The fraction of sp³-hybridized carbons (Fsp3) is 0.154. The summed E-state index contributed by atoms with van der Waals surface area (Å²) in [5, 5.41) is 1.87. The van der Waals surface area contributed by atoms with Crippen molar-refractivity contribution in [2.75, 3.05) is 0 Å². The minimum atomic E-state index is -0.0227. The van der Waals surface area contributed by atoms with Crippen LogP contribution in [0.4, 0.5) is 0 Å². The molecule has 0 aliphatic heterocycles. The van der Waals surface area contributed by atoms with Gasteiger partial charge in [-0.3, -0.25) is 9.20 Å². The van der Waals surface area contributed by atoms with Crippen LogP contribution in [0.1, 0.15) is 11.4 Å². The molecule has 0 N–H and O–H groups in total. The second-order valence-corrected chi connectivity index (χ2v) is 4.98. The molecule has 3 rings (SSSR count). The van der Waals surface area contributed by atoms with Gasteiger partial charge in [0.15, 0.2) is 23.4 Å². The molecule has 0 atom stereocenters. The Morgan fingerprint density at radius 2 is 2.33 bits per heavy atom. The van der Waals surface area contributed by atoms with Gasteiger partial charge in [-0.15, -0.1) is 11.3 Å². The molecule has 0 fully saturated rings. The highest BCUT2D eigenvalue weighted by Crippen LogP contribution is 2.06. The highest BCUT2D eigenvalue weighted by molar-refractivity contribution is 7.15. The van der Waals surface area contributed by atoms with Gasteiger partial charge in [0.05, 0.1) is 0 Å². The first kappa shape index (κ1) is 11.1. The minimum Gasteiger partial charge on any atom is -0.269 e. The van der Waals surface area contributed by atoms with Gasteiger partial charge >= 0.3 is 0 Å². The van der Waals surface area contributed by atoms with E-state index >= 15 is 0 Å². The molecule has 0 saturated carbocycles. The number of hydrogen-bond donors (Lipinski definition) is 0. The van der Waals surface area contributed by atoms with Crippen LogP contribution in [-0.2, 0) is 6.54 Å². The van der Waals surface area contributed by atoms with Crippen LogP contribution < -0.4 is 10.1 Å². The fourth-order valence-electron chi connectivity index (χ4n) is 1.88. The Morgan fingerprint density at radius 1 is 1.44 bits per heavy atom. The zero-order valence-corrected chi connectivity index (χ0v) is 10.7. The Morgan fingerprint density at radius 3 is 3.17 bits per heavy atom. The average Bonchev–Trinajstić information content (AvgIpc) is 2.81. The van der Waals surface area contributed by atoms with Gasteiger partial charge in [-0.05, 0) is 0 Å². The molecule has 4 nitrogen and oxygen atoms in total. The van der Waals surface area contributed by atoms with Crippen molar-refractivity contribution in [3.63, 3.8) is 0 Å². The Bertz CT molecular complexity index is 760. The van der Waals surface area contributed by atoms with Crippen LogP contribution in [0.2, 0.25) is 0 Å². The van der Waals surface area contributed by atoms with E-state index in [1.165, 1.54) is 11.3 Å². The van der Waals surface area contributed by atoms with Crippen LogP contribution in [0.5, 0.6) is 0 Å². The number of aromatic nitrogens is 3. The third-order valence-corrected chi connectivity index (χ3v) is 3.61. The van der Waals surface area contributed by atoms with E-state index in [9.17, 15) is 4.79 Å². The average molecular weight is 258 g/mol. The molecule has 3 aromatic rings. The van der Waals surface area contributed by atoms with Gasteiger partial charge < -0.3 is 0 Å². The van der Waals surface area contributed by atoms with E-state index in [2.05, 4.69) is 9.55 Å². The molecule has 90 valence electrons. The van der Waals surface area contributed by atoms with Gasteiger partial charge in [0, 0.05) is 36.7 Å². The normalized spacial score (nSPS) is 10.9. The lowest BCUT2D eigenvalue weighted by atomic mass is 10.3. The summed E-state index contributed by atoms with van der Waals surface area (Å²) in [6, 6.07) is 7.61. The van der Waals surface area contributed by atoms with Crippen molar-refractivity contribution in [1.29, 1.82) is 0 Å². The van der Waals surface area contributed by atoms with E-state index in [1.54, 1.807) is 16.7 Å². The minimum absolute atomic E-state index is 0.0227. The molecular weight excluding hydrogens is 246 g/mol. The number of rotatable bonds is 2. The zero-order chi connectivity index (χ0) is 12.5. The summed E-state index contributed by atoms with van der Waals surface area (Å²) in [7, 11) is 0. The molecule has 0 radical (unpaired) electrons. The molecule has 0 bridgehead atoms. The molecule has 5 heteroatoms. The molecule has 0 aliphatic carbocycles. The topological polar surface area (TPSA) is 38.2 Å². The predicted octanol–water partition coefficient (Wildman–Crippen LogP) is 1.40. The Balaban J connectivity index is 2.05. The van der Waals surface area contributed by atoms with E-state index in [0.717, 1.165) is 16.3 Å². The summed E-state index contributed by atoms with van der Waals surface area (Å²) in [5.74, 6) is 0. The Labute approximate surface area is 108 Å². The maximum absolute atomic E-state index is 11.9. The highest BCUT2D eigenvalue weighted by atomic mass is 32.1. The van der Waals surface area contributed by atoms with Crippen LogP contribution in [0.15, 0.2) is 46.8 Å². The molecule has 3 heterocycles. The monoisotopic (exact) mass is 258 g/mol. The van der Waals surface area contributed by atoms with Crippen molar-refractivity contribution in [3.8, 4) is 0 Å². The second-order valence-electron chi connectivity index (χ2n) is 4.11. The van der Waals surface area contributed by atoms with Gasteiger partial charge in [-0.1, -0.05) is 6.07 Å². The standard InChI is InChI=1S/C13H12N3OS/c1-10-4-2-3-5-15(10)9-11-8-12(17)16-6-7-18-13(16)14-11/h2-8H,9H2,1H3/q+1. The maximum Gasteiger partial charge on any atom is 0.258 e. The molecule has 0 aromatic carbocycles. The molecule has 0 amide bonds. The summed E-state index contributed by atoms with van der Waals surface area (Å²) in [5.41, 5.74) is 1.91. The van der Waals surface area contributed by atoms with Crippen molar-refractivity contribution in [3.05, 3.63) is 63.8 Å². The summed E-state index contributed by atoms with van der Waals surface area (Å²) in [4.78, 5) is 17.1. The lowest BCUT2D eigenvalue weighted by Gasteiger charge is -2.00. The largest absolute Gasteiger partial charge is 0.269 e. The smallest absolute Gasteiger partial charge is 0.258 e. The number of pyridine rings is 1. The second kappa shape index (κ2) is 4.34. The van der Waals surface area contributed by atoms with E-state index in [-0.39, 0.29) is 5.56 Å². The van der Waals surface area contributed by atoms with Crippen molar-refractivity contribution in [2.45, 2.75) is 13.5 Å². The molecule has 0 unspecified atom stereocenters. The lowest BCUT2D eigenvalue weighted by molar-refractivity contribution is -0.694. The highest BCUT2D eigenvalue weighted by Gasteiger charge is 2.10. The predicted molar refractivity (Wildman–Crippen MR) is 69.8 cm³/mol. The van der Waals surface area contributed by atoms with Crippen molar-refractivity contribution in [2.24, 2.45) is 0 Å². The summed E-state index contributed by atoms with van der Waals surface area (Å²) in [6.07, 6.45) is 3.74. The van der Waals surface area contributed by atoms with Gasteiger partial charge in [-0.25, -0.2) is 4.98 Å². The third kappa shape index (κ3) is 1.93. The van der Waals surface area contributed by atoms with Crippen LogP contribution >= 0.6 is 11.3 Å². The van der Waals surface area contributed by atoms with Crippen molar-refractivity contribution < 1.29 is 4.57 Å². The van der Waals surface area contributed by atoms with Gasteiger partial charge in [0.1, 0.15) is 5.69 Å². The molecule has 0 aliphatic rings. The van der Waals surface area contributed by atoms with Crippen LogP contribution in [0, 0.1) is 6.92 Å². The first-order valence-corrected chi connectivity index (χ1v) is 6.53. The quantitative estimate of drug-likeness (QED) is 0.652. The fourth-order valence-corrected chi connectivity index (χ4v) is 2.62. The Kier molecular flexibility index (Phi) is 2.68. The number of aryl methyl sites for hydroxylation is 1. The van der Waals surface area contributed by atoms with Gasteiger partial charge in [0.25, 0.3) is 5.56 Å². The third-order valence-electron chi connectivity index (χ3n) is 2.86. The molecule has 0 saturated heterocycles. The van der Waals surface area contributed by atoms with E-state index in [1.807, 2.05) is 36.7 Å². The van der Waals surface area contributed by atoms with Crippen LogP contribution in [0.3, 0.4) is 0 Å². The first-order chi connectivity index (χ1) is 8.74. The number of fused-ring (bicyclic) bond motifs is 1. The van der Waals surface area contributed by atoms with Crippen LogP contribution in [-0.4, -0.2) is 9.38 Å². The molecular formula is C13H12N3OS+. The maximum atomic E-state index is 11.9. The van der Waals surface area contributed by atoms with Crippen LogP contribution in [0.25, 0.3) is 4.96 Å². The summed E-state index contributed by atoms with van der Waals surface area (Å²) >= 11 is 1.47. The van der Waals surface area contributed by atoms with E-state index in [0.29, 0.717) is 6.54 Å². The zero-order valence-electron chi connectivity index (χ0n) is 9.91. The van der Waals surface area contributed by atoms with Crippen molar-refractivity contribution in [1.82, 2.24) is 9.38 Å². The summed E-state index contributed by atoms with van der Waals surface area (Å²) < 4.78 is 3.64. The molecule has 3 aromatic heterocycles. The number of thiazole rings is 1. The van der Waals surface area contributed by atoms with Gasteiger partial charge in [0.2, 0.25) is 0 Å². The SMILES string of the molecule is Cc1cccc[n+]1Cc1cc(=O)n2ccsc2n1. The number of hydrogen-bond acceptors (Lipinski definition) is 3. The lowest BCUT2D eigenvalue weighted by Crippen LogP contribution is -2.37. The number of nitrogens with zero attached hydrogens (tertiary/aromatic N) is 3. The molecule has 0 spiro atoms. The Hall–Kier alpha value is -2.01. The molecule has 18 heavy (non-hydrogen) atoms. The van der Waals surface area contributed by atoms with E-state index in [4.69, 9.17) is 0 Å². The summed E-state index contributed by atoms with van der Waals surface area (Å²) in [6.45, 7) is 2.66.